The molecule has 0 spiro atoms. The molecule has 2 aliphatic heterocycles. The summed E-state index contributed by atoms with van der Waals surface area (Å²) in [4.78, 5) is 28.9. The maximum Gasteiger partial charge on any atom is 0.246 e. The highest BCUT2D eigenvalue weighted by molar-refractivity contribution is 7.98. The van der Waals surface area contributed by atoms with Crippen molar-refractivity contribution < 1.29 is 9.59 Å². The number of nitrogens with zero attached hydrogens (tertiary/aromatic N) is 2. The van der Waals surface area contributed by atoms with Crippen molar-refractivity contribution in [2.45, 2.75) is 57.5 Å². The van der Waals surface area contributed by atoms with Gasteiger partial charge in [-0.05, 0) is 50.5 Å². The molecule has 0 aromatic rings. The van der Waals surface area contributed by atoms with Gasteiger partial charge in [-0.3, -0.25) is 9.59 Å². The molecule has 0 radical (unpaired) electrons. The van der Waals surface area contributed by atoms with Crippen molar-refractivity contribution in [2.24, 2.45) is 0 Å². The molecule has 2 amide bonds. The molecule has 2 atom stereocenters. The first-order valence-corrected chi connectivity index (χ1v) is 9.20. The summed E-state index contributed by atoms with van der Waals surface area (Å²) in [6, 6.07) is -0.384. The number of thioether (sulfide) groups is 1. The number of carbonyl (C=O) groups excluding carboxylic acids is 2. The Morgan fingerprint density at radius 2 is 2.00 bits per heavy atom. The maximum absolute atomic E-state index is 12.7. The summed E-state index contributed by atoms with van der Waals surface area (Å²) in [6.07, 6.45) is 7.91. The van der Waals surface area contributed by atoms with Gasteiger partial charge < -0.3 is 9.80 Å². The van der Waals surface area contributed by atoms with E-state index in [2.05, 4.69) is 6.26 Å². The Hall–Kier alpha value is -0.710. The van der Waals surface area contributed by atoms with Crippen molar-refractivity contribution in [2.75, 3.05) is 25.1 Å². The molecule has 20 heavy (non-hydrogen) atoms. The van der Waals surface area contributed by atoms with Gasteiger partial charge in [-0.15, -0.1) is 0 Å². The number of unbranched alkanes of at least 4 members (excludes halogenated alkanes) is 1. The molecule has 5 heteroatoms. The van der Waals surface area contributed by atoms with E-state index in [0.717, 1.165) is 57.4 Å². The highest BCUT2D eigenvalue weighted by Crippen LogP contribution is 2.27. The minimum atomic E-state index is -0.217. The first kappa shape index (κ1) is 15.7. The molecule has 114 valence electrons. The second-order valence-corrected chi connectivity index (χ2v) is 6.68. The Kier molecular flexibility index (Phi) is 5.75. The maximum atomic E-state index is 12.7. The van der Waals surface area contributed by atoms with Crippen LogP contribution in [-0.4, -0.2) is 58.8 Å². The van der Waals surface area contributed by atoms with Crippen LogP contribution in [-0.2, 0) is 9.59 Å². The third kappa shape index (κ3) is 3.13. The van der Waals surface area contributed by atoms with Gasteiger partial charge in [0, 0.05) is 13.1 Å². The van der Waals surface area contributed by atoms with E-state index < -0.39 is 0 Å². The molecule has 2 fully saturated rings. The van der Waals surface area contributed by atoms with Gasteiger partial charge in [-0.2, -0.15) is 11.8 Å². The Balaban J connectivity index is 2.04. The van der Waals surface area contributed by atoms with E-state index in [4.69, 9.17) is 0 Å². The van der Waals surface area contributed by atoms with Gasteiger partial charge in [0.1, 0.15) is 12.1 Å². The molecule has 4 nitrogen and oxygen atoms in total. The van der Waals surface area contributed by atoms with E-state index in [9.17, 15) is 9.59 Å². The van der Waals surface area contributed by atoms with E-state index >= 15 is 0 Å². The summed E-state index contributed by atoms with van der Waals surface area (Å²) < 4.78 is 0. The lowest BCUT2D eigenvalue weighted by Crippen LogP contribution is -2.65. The molecule has 0 N–H and O–H groups in total. The predicted octanol–water partition coefficient (Wildman–Crippen LogP) is 2.13. The summed E-state index contributed by atoms with van der Waals surface area (Å²) in [6.45, 7) is 3.52. The average molecular weight is 298 g/mol. The first-order chi connectivity index (χ1) is 9.70. The van der Waals surface area contributed by atoms with E-state index in [1.807, 2.05) is 28.5 Å². The monoisotopic (exact) mass is 298 g/mol. The fraction of sp³-hybridized carbons (Fsp3) is 0.867. The van der Waals surface area contributed by atoms with Gasteiger partial charge in [-0.25, -0.2) is 0 Å². The SMILES string of the molecule is CCC1C(=O)N2CCCCC2C(=O)N1CCCCSC. The molecular weight excluding hydrogens is 272 g/mol. The summed E-state index contributed by atoms with van der Waals surface area (Å²) in [5.41, 5.74) is 0. The van der Waals surface area contributed by atoms with E-state index in [-0.39, 0.29) is 23.9 Å². The smallest absolute Gasteiger partial charge is 0.246 e. The largest absolute Gasteiger partial charge is 0.329 e. The van der Waals surface area contributed by atoms with E-state index in [1.165, 1.54) is 0 Å². The van der Waals surface area contributed by atoms with Gasteiger partial charge in [0.2, 0.25) is 11.8 Å². The number of amides is 2. The van der Waals surface area contributed by atoms with Crippen LogP contribution in [0.25, 0.3) is 0 Å². The zero-order valence-corrected chi connectivity index (χ0v) is 13.5. The number of rotatable bonds is 6. The van der Waals surface area contributed by atoms with Crippen LogP contribution in [0.2, 0.25) is 0 Å². The molecular formula is C15H26N2O2S. The third-order valence-electron chi connectivity index (χ3n) is 4.40. The Morgan fingerprint density at radius 3 is 2.70 bits per heavy atom. The minimum absolute atomic E-state index is 0.167. The number of piperidine rings is 1. The molecule has 0 bridgehead atoms. The third-order valence-corrected chi connectivity index (χ3v) is 5.10. The van der Waals surface area contributed by atoms with Crippen molar-refractivity contribution >= 4 is 23.6 Å². The molecule has 0 aromatic heterocycles. The summed E-state index contributed by atoms with van der Waals surface area (Å²) in [5.74, 6) is 1.50. The van der Waals surface area contributed by atoms with Gasteiger partial charge in [-0.1, -0.05) is 6.92 Å². The Morgan fingerprint density at radius 1 is 1.20 bits per heavy atom. The minimum Gasteiger partial charge on any atom is -0.329 e. The normalized spacial score (nSPS) is 26.9. The van der Waals surface area contributed by atoms with Gasteiger partial charge in [0.15, 0.2) is 0 Å². The van der Waals surface area contributed by atoms with E-state index in [1.54, 1.807) is 0 Å². The highest BCUT2D eigenvalue weighted by Gasteiger charge is 2.45. The van der Waals surface area contributed by atoms with Crippen LogP contribution < -0.4 is 0 Å². The van der Waals surface area contributed by atoms with Crippen LogP contribution in [0.1, 0.15) is 45.4 Å². The van der Waals surface area contributed by atoms with Gasteiger partial charge in [0.25, 0.3) is 0 Å². The predicted molar refractivity (Wildman–Crippen MR) is 82.8 cm³/mol. The van der Waals surface area contributed by atoms with Crippen LogP contribution in [0.15, 0.2) is 0 Å². The Labute approximate surface area is 126 Å². The van der Waals surface area contributed by atoms with Crippen molar-refractivity contribution in [1.82, 2.24) is 9.80 Å². The highest BCUT2D eigenvalue weighted by atomic mass is 32.2. The fourth-order valence-corrected chi connectivity index (χ4v) is 3.80. The topological polar surface area (TPSA) is 40.6 Å². The number of fused-ring (bicyclic) bond motifs is 1. The van der Waals surface area contributed by atoms with Crippen LogP contribution in [0.4, 0.5) is 0 Å². The molecule has 0 aliphatic carbocycles. The summed E-state index contributed by atoms with van der Waals surface area (Å²) >= 11 is 1.84. The van der Waals surface area contributed by atoms with Crippen LogP contribution in [0.5, 0.6) is 0 Å². The molecule has 2 heterocycles. The van der Waals surface area contributed by atoms with E-state index in [0.29, 0.717) is 0 Å². The van der Waals surface area contributed by atoms with Crippen molar-refractivity contribution in [3.63, 3.8) is 0 Å². The lowest BCUT2D eigenvalue weighted by Gasteiger charge is -2.47. The van der Waals surface area contributed by atoms with Gasteiger partial charge >= 0.3 is 0 Å². The number of hydrogen-bond donors (Lipinski definition) is 0. The molecule has 0 saturated carbocycles. The molecule has 2 saturated heterocycles. The first-order valence-electron chi connectivity index (χ1n) is 7.80. The summed E-state index contributed by atoms with van der Waals surface area (Å²) in [7, 11) is 0. The van der Waals surface area contributed by atoms with Crippen molar-refractivity contribution in [3.05, 3.63) is 0 Å². The second-order valence-electron chi connectivity index (χ2n) is 5.70. The van der Waals surface area contributed by atoms with Crippen LogP contribution in [0.3, 0.4) is 0 Å². The summed E-state index contributed by atoms with van der Waals surface area (Å²) in [5, 5.41) is 0. The molecule has 2 aliphatic rings. The van der Waals surface area contributed by atoms with Crippen LogP contribution in [0, 0.1) is 0 Å². The van der Waals surface area contributed by atoms with Crippen LogP contribution >= 0.6 is 11.8 Å². The van der Waals surface area contributed by atoms with Crippen molar-refractivity contribution in [1.29, 1.82) is 0 Å². The number of piperazine rings is 1. The zero-order valence-electron chi connectivity index (χ0n) is 12.6. The Bertz CT molecular complexity index is 362. The molecule has 2 rings (SSSR count). The lowest BCUT2D eigenvalue weighted by molar-refractivity contribution is -0.163. The second kappa shape index (κ2) is 7.34. The molecule has 0 aromatic carbocycles. The number of hydrogen-bond acceptors (Lipinski definition) is 3. The van der Waals surface area contributed by atoms with Gasteiger partial charge in [0.05, 0.1) is 0 Å². The molecule has 2 unspecified atom stereocenters. The number of carbonyl (C=O) groups is 2. The standard InChI is InChI=1S/C15H26N2O2S/c1-3-12-14(18)17-9-5-4-8-13(17)15(19)16(12)10-6-7-11-20-2/h12-13H,3-11H2,1-2H3. The van der Waals surface area contributed by atoms with Crippen molar-refractivity contribution in [3.8, 4) is 0 Å². The lowest BCUT2D eigenvalue weighted by atomic mass is 9.94. The fourth-order valence-electron chi connectivity index (χ4n) is 3.31. The average Bonchev–Trinajstić information content (AvgIpc) is 2.48. The zero-order chi connectivity index (χ0) is 14.5. The quantitative estimate of drug-likeness (QED) is 0.705.